The minimum atomic E-state index is -0.0845. The Morgan fingerprint density at radius 1 is 0.538 bits per heavy atom. The van der Waals surface area contributed by atoms with Crippen LogP contribution in [0.25, 0.3) is 69.9 Å². The van der Waals surface area contributed by atoms with Gasteiger partial charge in [-0.15, -0.1) is 11.3 Å². The molecule has 7 aromatic carbocycles. The molecule has 4 heteroatoms. The molecular formula is C61H59BN2S. The summed E-state index contributed by atoms with van der Waals surface area (Å²) in [5.41, 5.74) is 23.6. The molecule has 4 aliphatic rings. The molecule has 13 rings (SSSR count). The maximum Gasteiger partial charge on any atom is 0.333 e. The lowest BCUT2D eigenvalue weighted by Gasteiger charge is -2.42. The lowest BCUT2D eigenvalue weighted by atomic mass is 9.43. The number of benzene rings is 7. The van der Waals surface area contributed by atoms with E-state index in [9.17, 15) is 0 Å². The Morgan fingerprint density at radius 3 is 1.92 bits per heavy atom. The normalized spacial score (nSPS) is 17.4. The molecule has 2 aliphatic carbocycles. The molecule has 0 saturated carbocycles. The first-order chi connectivity index (χ1) is 30.7. The van der Waals surface area contributed by atoms with Crippen molar-refractivity contribution in [3.63, 3.8) is 0 Å². The molecule has 0 fully saturated rings. The summed E-state index contributed by atoms with van der Waals surface area (Å²) < 4.78 is 5.43. The quantitative estimate of drug-likeness (QED) is 0.149. The van der Waals surface area contributed by atoms with Crippen molar-refractivity contribution in [2.45, 2.75) is 123 Å². The van der Waals surface area contributed by atoms with E-state index in [0.717, 1.165) is 0 Å². The van der Waals surface area contributed by atoms with Gasteiger partial charge in [0.2, 0.25) is 0 Å². The largest absolute Gasteiger partial charge is 0.376 e. The first-order valence-electron chi connectivity index (χ1n) is 24.1. The molecule has 0 atom stereocenters. The topological polar surface area (TPSA) is 8.17 Å². The zero-order valence-electron chi connectivity index (χ0n) is 40.3. The fourth-order valence-corrected chi connectivity index (χ4v) is 14.0. The molecular weight excluding hydrogens is 804 g/mol. The van der Waals surface area contributed by atoms with Crippen LogP contribution in [-0.4, -0.2) is 11.4 Å². The van der Waals surface area contributed by atoms with Crippen LogP contribution < -0.4 is 15.7 Å². The van der Waals surface area contributed by atoms with Gasteiger partial charge in [0.25, 0.3) is 0 Å². The predicted octanol–water partition coefficient (Wildman–Crippen LogP) is 15.6. The van der Waals surface area contributed by atoms with Gasteiger partial charge in [-0.1, -0.05) is 150 Å². The molecule has 0 saturated heterocycles. The molecule has 65 heavy (non-hydrogen) atoms. The van der Waals surface area contributed by atoms with E-state index < -0.39 is 0 Å². The number of rotatable bonds is 1. The summed E-state index contributed by atoms with van der Waals surface area (Å²) in [6, 6.07) is 46.4. The van der Waals surface area contributed by atoms with E-state index in [1.807, 2.05) is 11.3 Å². The molecule has 9 aromatic rings. The summed E-state index contributed by atoms with van der Waals surface area (Å²) in [7, 11) is 0. The van der Waals surface area contributed by atoms with Crippen molar-refractivity contribution in [3.05, 3.63) is 149 Å². The Bertz CT molecular complexity index is 3600. The van der Waals surface area contributed by atoms with E-state index in [0.29, 0.717) is 0 Å². The van der Waals surface area contributed by atoms with Gasteiger partial charge in [-0.2, -0.15) is 0 Å². The fraction of sp³-hybridized carbons (Fsp3) is 0.311. The van der Waals surface area contributed by atoms with Crippen LogP contribution in [0.4, 0.5) is 11.4 Å². The Labute approximate surface area is 389 Å². The zero-order valence-corrected chi connectivity index (χ0v) is 41.1. The van der Waals surface area contributed by atoms with Gasteiger partial charge in [0, 0.05) is 59.0 Å². The van der Waals surface area contributed by atoms with Crippen LogP contribution in [-0.2, 0) is 27.1 Å². The maximum absolute atomic E-state index is 2.74. The van der Waals surface area contributed by atoms with Gasteiger partial charge in [-0.3, -0.25) is 0 Å². The van der Waals surface area contributed by atoms with Crippen molar-refractivity contribution in [2.24, 2.45) is 0 Å². The third-order valence-electron chi connectivity index (χ3n) is 16.8. The standard InChI is InChI=1S/C61H59BN2S/c1-57(2,3)34-17-20-36(21-18-34)64-50-33-52-41(42-31-45-46(32-51(42)65-52)60(9,10)28-27-59(45,7)8)30-40(50)37-22-23-39-54-49(26-24-44-53(54)38-15-13-14-16-43(38)61(44,11)12)63-48-25-19-35(58(4,5)6)29-47(48)62(64)55(37)56(39)63/h13-26,29-33H,27-28H2,1-12H3. The molecule has 0 bridgehead atoms. The molecule has 2 nitrogen and oxygen atoms in total. The van der Waals surface area contributed by atoms with E-state index in [1.54, 1.807) is 0 Å². The van der Waals surface area contributed by atoms with Crippen molar-refractivity contribution in [1.82, 2.24) is 4.57 Å². The van der Waals surface area contributed by atoms with Crippen LogP contribution in [0.1, 0.15) is 129 Å². The van der Waals surface area contributed by atoms with Gasteiger partial charge in [0.15, 0.2) is 0 Å². The summed E-state index contributed by atoms with van der Waals surface area (Å²) in [5, 5.41) is 5.51. The minimum absolute atomic E-state index is 0.0175. The molecule has 322 valence electrons. The smallest absolute Gasteiger partial charge is 0.333 e. The van der Waals surface area contributed by atoms with Gasteiger partial charge in [-0.05, 0) is 144 Å². The molecule has 2 aliphatic heterocycles. The van der Waals surface area contributed by atoms with Gasteiger partial charge in [0.1, 0.15) is 0 Å². The minimum Gasteiger partial charge on any atom is -0.376 e. The van der Waals surface area contributed by atoms with Crippen LogP contribution >= 0.6 is 11.3 Å². The Hall–Kier alpha value is -5.58. The average Bonchev–Trinajstić information content (AvgIpc) is 3.87. The fourth-order valence-electron chi connectivity index (χ4n) is 12.9. The molecule has 0 radical (unpaired) electrons. The molecule has 0 N–H and O–H groups in total. The number of hydrogen-bond donors (Lipinski definition) is 0. The van der Waals surface area contributed by atoms with E-state index in [-0.39, 0.29) is 33.9 Å². The highest BCUT2D eigenvalue weighted by Gasteiger charge is 2.46. The summed E-state index contributed by atoms with van der Waals surface area (Å²) in [4.78, 5) is 2.74. The molecule has 0 spiro atoms. The van der Waals surface area contributed by atoms with Crippen LogP contribution in [0.3, 0.4) is 0 Å². The van der Waals surface area contributed by atoms with Crippen LogP contribution in [0.5, 0.6) is 0 Å². The van der Waals surface area contributed by atoms with Crippen molar-refractivity contribution in [2.75, 3.05) is 4.81 Å². The average molecular weight is 863 g/mol. The predicted molar refractivity (Wildman–Crippen MR) is 283 cm³/mol. The van der Waals surface area contributed by atoms with Crippen LogP contribution in [0.2, 0.25) is 0 Å². The van der Waals surface area contributed by atoms with E-state index >= 15 is 0 Å². The number of fused-ring (bicyclic) bond motifs is 16. The van der Waals surface area contributed by atoms with E-state index in [2.05, 4.69) is 208 Å². The van der Waals surface area contributed by atoms with Gasteiger partial charge < -0.3 is 9.38 Å². The number of nitrogens with zero attached hydrogens (tertiary/aromatic N) is 2. The zero-order chi connectivity index (χ0) is 45.1. The number of thiophene rings is 1. The van der Waals surface area contributed by atoms with Crippen LogP contribution in [0.15, 0.2) is 115 Å². The summed E-state index contributed by atoms with van der Waals surface area (Å²) in [5.74, 6) is 0. The number of hydrogen-bond acceptors (Lipinski definition) is 2. The highest BCUT2D eigenvalue weighted by atomic mass is 32.1. The second-order valence-corrected chi connectivity index (χ2v) is 25.1. The highest BCUT2D eigenvalue weighted by molar-refractivity contribution is 7.25. The van der Waals surface area contributed by atoms with E-state index in [4.69, 9.17) is 0 Å². The second kappa shape index (κ2) is 12.4. The second-order valence-electron chi connectivity index (χ2n) is 24.0. The van der Waals surface area contributed by atoms with Crippen molar-refractivity contribution < 1.29 is 0 Å². The van der Waals surface area contributed by atoms with Crippen molar-refractivity contribution in [1.29, 1.82) is 0 Å². The van der Waals surface area contributed by atoms with Gasteiger partial charge in [0.05, 0.1) is 11.0 Å². The van der Waals surface area contributed by atoms with Gasteiger partial charge in [-0.25, -0.2) is 0 Å². The summed E-state index contributed by atoms with van der Waals surface area (Å²) in [6.45, 7) is 28.7. The summed E-state index contributed by atoms with van der Waals surface area (Å²) >= 11 is 1.99. The first kappa shape index (κ1) is 39.8. The third-order valence-corrected chi connectivity index (χ3v) is 17.9. The SMILES string of the molecule is CC(C)(C)c1ccc(N2B3c4cc(C(C)(C)C)ccc4-n4c5ccc6c(c5c5ccc(c3c54)-c3cc4c(cc32)sc2cc3c(cc24)C(C)(C)CCC3(C)C)-c2ccccc2C6(C)C)cc1. The lowest BCUT2D eigenvalue weighted by molar-refractivity contribution is 0.332. The molecule has 0 amide bonds. The first-order valence-corrected chi connectivity index (χ1v) is 24.9. The Balaban J connectivity index is 1.18. The van der Waals surface area contributed by atoms with E-state index in [1.165, 1.54) is 138 Å². The molecule has 2 aromatic heterocycles. The third kappa shape index (κ3) is 5.18. The number of aromatic nitrogens is 1. The summed E-state index contributed by atoms with van der Waals surface area (Å²) in [6.07, 6.45) is 2.43. The Morgan fingerprint density at radius 2 is 1.20 bits per heavy atom. The van der Waals surface area contributed by atoms with Crippen molar-refractivity contribution in [3.8, 4) is 27.9 Å². The molecule has 0 unspecified atom stereocenters. The maximum atomic E-state index is 2.74. The lowest BCUT2D eigenvalue weighted by Crippen LogP contribution is -2.60. The molecule has 4 heterocycles. The van der Waals surface area contributed by atoms with Gasteiger partial charge >= 0.3 is 6.85 Å². The monoisotopic (exact) mass is 862 g/mol. The number of anilines is 2. The highest BCUT2D eigenvalue weighted by Crippen LogP contribution is 2.56. The Kier molecular flexibility index (Phi) is 7.61. The van der Waals surface area contributed by atoms with Crippen molar-refractivity contribution >= 4 is 82.5 Å². The van der Waals surface area contributed by atoms with Crippen LogP contribution in [0, 0.1) is 0 Å².